The Morgan fingerprint density at radius 1 is 1.19 bits per heavy atom. The lowest BCUT2D eigenvalue weighted by molar-refractivity contribution is 0.0692. The fourth-order valence-corrected chi connectivity index (χ4v) is 1.94. The number of pyridine rings is 1. The summed E-state index contributed by atoms with van der Waals surface area (Å²) in [6.45, 7) is 3.43. The molecule has 21 heavy (non-hydrogen) atoms. The van der Waals surface area contributed by atoms with Crippen LogP contribution in [-0.2, 0) is 0 Å². The van der Waals surface area contributed by atoms with E-state index in [2.05, 4.69) is 4.98 Å². The lowest BCUT2D eigenvalue weighted by atomic mass is 10.1. The van der Waals surface area contributed by atoms with Gasteiger partial charge in [0.05, 0.1) is 0 Å². The molecule has 3 N–H and O–H groups in total. The van der Waals surface area contributed by atoms with Gasteiger partial charge in [0.15, 0.2) is 0 Å². The van der Waals surface area contributed by atoms with Gasteiger partial charge >= 0.3 is 5.97 Å². The van der Waals surface area contributed by atoms with Crippen LogP contribution in [0.4, 0.5) is 0 Å². The molecule has 0 atom stereocenters. The number of benzene rings is 1. The normalized spacial score (nSPS) is 10.2. The van der Waals surface area contributed by atoms with Crippen molar-refractivity contribution in [1.29, 1.82) is 0 Å². The number of rotatable bonds is 4. The number of carbonyl (C=O) groups is 2. The van der Waals surface area contributed by atoms with Crippen LogP contribution in [0, 0.1) is 13.8 Å². The lowest BCUT2D eigenvalue weighted by Gasteiger charge is -2.11. The molecule has 6 heteroatoms. The van der Waals surface area contributed by atoms with Gasteiger partial charge in [0.2, 0.25) is 11.8 Å². The van der Waals surface area contributed by atoms with Crippen LogP contribution in [-0.4, -0.2) is 22.0 Å². The number of hydrogen-bond acceptors (Lipinski definition) is 4. The molecular formula is C15H14N2O4. The minimum absolute atomic E-state index is 0.0135. The van der Waals surface area contributed by atoms with Crippen LogP contribution in [0.3, 0.4) is 0 Å². The molecule has 0 saturated heterocycles. The van der Waals surface area contributed by atoms with Crippen molar-refractivity contribution in [1.82, 2.24) is 4.98 Å². The van der Waals surface area contributed by atoms with Gasteiger partial charge in [-0.25, -0.2) is 9.78 Å². The summed E-state index contributed by atoms with van der Waals surface area (Å²) < 4.78 is 5.52. The summed E-state index contributed by atoms with van der Waals surface area (Å²) >= 11 is 0. The van der Waals surface area contributed by atoms with Crippen molar-refractivity contribution in [3.8, 4) is 11.6 Å². The van der Waals surface area contributed by atoms with Gasteiger partial charge in [0.25, 0.3) is 0 Å². The molecule has 0 aliphatic heterocycles. The molecule has 0 unspecified atom stereocenters. The zero-order chi connectivity index (χ0) is 15.6. The average Bonchev–Trinajstić information content (AvgIpc) is 2.37. The van der Waals surface area contributed by atoms with Crippen molar-refractivity contribution in [2.45, 2.75) is 13.8 Å². The molecule has 0 bridgehead atoms. The van der Waals surface area contributed by atoms with E-state index in [0.717, 1.165) is 0 Å². The Labute approximate surface area is 121 Å². The molecule has 1 aromatic carbocycles. The van der Waals surface area contributed by atoms with Crippen LogP contribution in [0.25, 0.3) is 0 Å². The zero-order valence-corrected chi connectivity index (χ0v) is 11.6. The molecule has 1 heterocycles. The highest BCUT2D eigenvalue weighted by Gasteiger charge is 2.17. The molecule has 0 aliphatic rings. The third-order valence-electron chi connectivity index (χ3n) is 2.88. The first kappa shape index (κ1) is 14.5. The number of nitrogens with two attached hydrogens (primary N) is 1. The quantitative estimate of drug-likeness (QED) is 0.897. The molecule has 1 amide bonds. The van der Waals surface area contributed by atoms with E-state index in [-0.39, 0.29) is 11.4 Å². The Bertz CT molecular complexity index is 708. The van der Waals surface area contributed by atoms with E-state index >= 15 is 0 Å². The van der Waals surface area contributed by atoms with Crippen molar-refractivity contribution in [2.24, 2.45) is 5.73 Å². The maximum Gasteiger partial charge on any atom is 0.341 e. The molecule has 6 nitrogen and oxygen atoms in total. The monoisotopic (exact) mass is 286 g/mol. The third kappa shape index (κ3) is 3.17. The molecule has 0 radical (unpaired) electrons. The largest absolute Gasteiger partial charge is 0.477 e. The number of hydrogen-bond donors (Lipinski definition) is 2. The molecule has 108 valence electrons. The van der Waals surface area contributed by atoms with Crippen LogP contribution in [0.5, 0.6) is 11.6 Å². The first-order chi connectivity index (χ1) is 9.88. The molecule has 0 saturated carbocycles. The number of aromatic nitrogens is 1. The third-order valence-corrected chi connectivity index (χ3v) is 2.88. The molecule has 2 rings (SSSR count). The second-order valence-corrected chi connectivity index (χ2v) is 4.56. The van der Waals surface area contributed by atoms with Crippen LogP contribution < -0.4 is 10.5 Å². The van der Waals surface area contributed by atoms with E-state index in [0.29, 0.717) is 22.6 Å². The summed E-state index contributed by atoms with van der Waals surface area (Å²) in [4.78, 5) is 26.4. The number of ether oxygens (including phenoxy) is 1. The molecule has 0 aliphatic carbocycles. The average molecular weight is 286 g/mol. The number of aryl methyl sites for hydroxylation is 2. The van der Waals surface area contributed by atoms with Crippen molar-refractivity contribution >= 4 is 11.9 Å². The van der Waals surface area contributed by atoms with Gasteiger partial charge in [-0.05, 0) is 49.7 Å². The SMILES string of the molecule is Cc1cc(C)c(C(=O)O)c(Oc2ccc(C(N)=O)cc2)n1. The second kappa shape index (κ2) is 5.62. The Morgan fingerprint density at radius 3 is 2.33 bits per heavy atom. The maximum absolute atomic E-state index is 11.3. The van der Waals surface area contributed by atoms with Gasteiger partial charge in [0.1, 0.15) is 11.3 Å². The predicted molar refractivity (Wildman–Crippen MR) is 75.7 cm³/mol. The van der Waals surface area contributed by atoms with Gasteiger partial charge in [-0.1, -0.05) is 0 Å². The Hall–Kier alpha value is -2.89. The minimum Gasteiger partial charge on any atom is -0.477 e. The number of primary amides is 1. The fourth-order valence-electron chi connectivity index (χ4n) is 1.94. The minimum atomic E-state index is -1.11. The Morgan fingerprint density at radius 2 is 1.81 bits per heavy atom. The molecule has 1 aromatic heterocycles. The highest BCUT2D eigenvalue weighted by atomic mass is 16.5. The number of carboxylic acid groups (broad SMARTS) is 1. The number of carbonyl (C=O) groups excluding carboxylic acids is 1. The fraction of sp³-hybridized carbons (Fsp3) is 0.133. The smallest absolute Gasteiger partial charge is 0.341 e. The summed E-state index contributed by atoms with van der Waals surface area (Å²) in [5.74, 6) is -1.26. The van der Waals surface area contributed by atoms with E-state index in [1.54, 1.807) is 19.9 Å². The Kier molecular flexibility index (Phi) is 3.89. The van der Waals surface area contributed by atoms with Gasteiger partial charge in [-0.3, -0.25) is 4.79 Å². The Balaban J connectivity index is 2.39. The van der Waals surface area contributed by atoms with E-state index in [1.807, 2.05) is 0 Å². The van der Waals surface area contributed by atoms with Crippen molar-refractivity contribution < 1.29 is 19.4 Å². The van der Waals surface area contributed by atoms with E-state index in [9.17, 15) is 14.7 Å². The highest BCUT2D eigenvalue weighted by Crippen LogP contribution is 2.26. The molecule has 2 aromatic rings. The maximum atomic E-state index is 11.3. The van der Waals surface area contributed by atoms with Gasteiger partial charge < -0.3 is 15.6 Å². The summed E-state index contributed by atoms with van der Waals surface area (Å²) in [6.07, 6.45) is 0. The van der Waals surface area contributed by atoms with Crippen molar-refractivity contribution in [3.05, 3.63) is 52.7 Å². The van der Waals surface area contributed by atoms with Gasteiger partial charge in [-0.15, -0.1) is 0 Å². The lowest BCUT2D eigenvalue weighted by Crippen LogP contribution is -2.10. The topological polar surface area (TPSA) is 103 Å². The van der Waals surface area contributed by atoms with Crippen molar-refractivity contribution in [2.75, 3.05) is 0 Å². The first-order valence-electron chi connectivity index (χ1n) is 6.17. The highest BCUT2D eigenvalue weighted by molar-refractivity contribution is 5.93. The van der Waals surface area contributed by atoms with Crippen LogP contribution >= 0.6 is 0 Å². The summed E-state index contributed by atoms with van der Waals surface area (Å²) in [6, 6.07) is 7.74. The standard InChI is InChI=1S/C15H14N2O4/c1-8-7-9(2)17-14(12(8)15(19)20)21-11-5-3-10(4-6-11)13(16)18/h3-7H,1-2H3,(H2,16,18)(H,19,20). The number of carboxylic acids is 1. The molecule has 0 spiro atoms. The van der Waals surface area contributed by atoms with E-state index < -0.39 is 11.9 Å². The summed E-state index contributed by atoms with van der Waals surface area (Å²) in [7, 11) is 0. The van der Waals surface area contributed by atoms with Gasteiger partial charge in [-0.2, -0.15) is 0 Å². The summed E-state index contributed by atoms with van der Waals surface area (Å²) in [5.41, 5.74) is 6.73. The number of amides is 1. The molecular weight excluding hydrogens is 272 g/mol. The van der Waals surface area contributed by atoms with Crippen molar-refractivity contribution in [3.63, 3.8) is 0 Å². The van der Waals surface area contributed by atoms with E-state index in [1.165, 1.54) is 24.3 Å². The van der Waals surface area contributed by atoms with E-state index in [4.69, 9.17) is 10.5 Å². The van der Waals surface area contributed by atoms with Crippen LogP contribution in [0.1, 0.15) is 32.0 Å². The van der Waals surface area contributed by atoms with Crippen LogP contribution in [0.15, 0.2) is 30.3 Å². The first-order valence-corrected chi connectivity index (χ1v) is 6.17. The zero-order valence-electron chi connectivity index (χ0n) is 11.6. The number of aromatic carboxylic acids is 1. The summed E-state index contributed by atoms with van der Waals surface area (Å²) in [5, 5.41) is 9.25. The molecule has 0 fully saturated rings. The second-order valence-electron chi connectivity index (χ2n) is 4.56. The predicted octanol–water partition coefficient (Wildman–Crippen LogP) is 2.29. The van der Waals surface area contributed by atoms with Crippen LogP contribution in [0.2, 0.25) is 0 Å². The number of nitrogens with zero attached hydrogens (tertiary/aromatic N) is 1. The van der Waals surface area contributed by atoms with Gasteiger partial charge in [0, 0.05) is 11.3 Å².